The predicted molar refractivity (Wildman–Crippen MR) is 512 cm³/mol. The number of aliphatic hydroxyl groups excluding tert-OH is 1. The maximum atomic E-state index is 16.2. The maximum absolute atomic E-state index is 16.2. The normalized spacial score (nSPS) is 26.5. The Labute approximate surface area is 814 Å². The van der Waals surface area contributed by atoms with Crippen molar-refractivity contribution in [2.45, 2.75) is 228 Å². The molecule has 9 amide bonds. The minimum Gasteiger partial charge on any atom is -0.508 e. The van der Waals surface area contributed by atoms with Gasteiger partial charge in [-0.2, -0.15) is 0 Å². The zero-order chi connectivity index (χ0) is 100. The van der Waals surface area contributed by atoms with E-state index in [-0.39, 0.29) is 97.0 Å². The number of aliphatic hydroxyl groups is 2. The second-order valence-corrected chi connectivity index (χ2v) is 41.6. The van der Waals surface area contributed by atoms with Gasteiger partial charge in [0.2, 0.25) is 53.4 Å². The van der Waals surface area contributed by atoms with Crippen molar-refractivity contribution in [2.75, 3.05) is 57.0 Å². The number of benzene rings is 5. The van der Waals surface area contributed by atoms with Gasteiger partial charge in [-0.05, 0) is 138 Å². The molecule has 6 aromatic rings. The lowest BCUT2D eigenvalue weighted by Gasteiger charge is -2.67. The van der Waals surface area contributed by atoms with Crippen molar-refractivity contribution in [3.05, 3.63) is 185 Å². The maximum Gasteiger partial charge on any atom is 0.509 e. The second-order valence-electron chi connectivity index (χ2n) is 36.4. The second kappa shape index (κ2) is 47.6. The van der Waals surface area contributed by atoms with Gasteiger partial charge in [0.25, 0.3) is 0 Å². The number of nitrogens with two attached hydrogens (primary N) is 3. The van der Waals surface area contributed by atoms with Crippen molar-refractivity contribution in [2.24, 2.45) is 33.9 Å². The first-order chi connectivity index (χ1) is 65.6. The summed E-state index contributed by atoms with van der Waals surface area (Å²) >= 11 is 0. The van der Waals surface area contributed by atoms with E-state index in [4.69, 9.17) is 59.8 Å². The number of esters is 3. The molecular formula is C96H122N12O26S4. The summed E-state index contributed by atoms with van der Waals surface area (Å²) in [6.45, 7) is 12.8. The Morgan fingerprint density at radius 2 is 1.36 bits per heavy atom. The van der Waals surface area contributed by atoms with E-state index in [2.05, 4.69) is 47.5 Å². The van der Waals surface area contributed by atoms with E-state index < -0.39 is 233 Å². The molecule has 2 aliphatic heterocycles. The van der Waals surface area contributed by atoms with Crippen LogP contribution in [0.15, 0.2) is 157 Å². The fourth-order valence-corrected chi connectivity index (χ4v) is 22.6. The zero-order valence-electron chi connectivity index (χ0n) is 78.4. The van der Waals surface area contributed by atoms with E-state index in [1.807, 2.05) is 0 Å². The van der Waals surface area contributed by atoms with Gasteiger partial charge < -0.3 is 123 Å². The monoisotopic (exact) mass is 1990 g/mol. The van der Waals surface area contributed by atoms with Crippen LogP contribution in [0.1, 0.15) is 133 Å². The number of alkyl carbamates (subject to hydrolysis) is 1. The van der Waals surface area contributed by atoms with E-state index in [9.17, 15) is 58.5 Å². The molecule has 42 heteroatoms. The number of rotatable bonds is 33. The van der Waals surface area contributed by atoms with Crippen LogP contribution in [0, 0.1) is 16.7 Å². The number of carbonyl (C=O) groups is 14. The number of amides is 9. The molecule has 38 nitrogen and oxygen atoms in total. The first-order valence-corrected chi connectivity index (χ1v) is 50.1. The predicted octanol–water partition coefficient (Wildman–Crippen LogP) is 5.14. The number of phenolic OH excluding ortho intramolecular Hbond substituents is 1. The van der Waals surface area contributed by atoms with E-state index in [1.54, 1.807) is 146 Å². The number of hydrogen-bond donors (Lipinski definition) is 15. The SMILES string of the molecule is CO[C@H]1C(=O)[C@]2(C)[C@@H](OC)C[C@H]3OC[C@@]3(OC(C)=O)[C@H]2[C@H](OC(=O)c2ccccc2)[C@]2(O)C[C@H](OC(=O)[C@H](OC(=O)OCCSSC[C@H](NC(=O)[C@@H]3CSSC[C@H](NC(=O)[C@H](N)Cc4ccccc4)C(=O)N[C@@H](Cc4ccc(O)cc4)C(=O)N[C@H](Cc4c[nH]c5ccccc45)C(=O)N[C@@H](CCCCN)C(=O)N[C@@H]([C@@H](C)O)C(=O)N3)C(N)=O)[C@@H](NC(=O)OC(C)(C)C)c3ccccc3)C(C)=C1C2(C)C. The average molecular weight is 1990 g/mol. The molecule has 2 bridgehead atoms. The van der Waals surface area contributed by atoms with Crippen LogP contribution in [0.3, 0.4) is 0 Å². The largest absolute Gasteiger partial charge is 0.509 e. The molecule has 20 atom stereocenters. The third kappa shape index (κ3) is 25.8. The minimum atomic E-state index is -2.46. The number of hydrogen-bond acceptors (Lipinski definition) is 32. The summed E-state index contributed by atoms with van der Waals surface area (Å²) in [5.41, 5.74) is 12.3. The number of primary amides is 1. The summed E-state index contributed by atoms with van der Waals surface area (Å²) in [4.78, 5) is 209. The van der Waals surface area contributed by atoms with Crippen LogP contribution < -0.4 is 59.7 Å². The molecule has 18 N–H and O–H groups in total. The number of H-pyrrole nitrogens is 1. The third-order valence-corrected chi connectivity index (χ3v) is 30.2. The van der Waals surface area contributed by atoms with Crippen LogP contribution in [-0.2, 0) is 115 Å². The molecular weight excluding hydrogens is 1870 g/mol. The summed E-state index contributed by atoms with van der Waals surface area (Å²) in [6.07, 6.45) is -12.5. The molecule has 0 spiro atoms. The molecule has 5 aromatic carbocycles. The number of ether oxygens (including phenoxy) is 9. The van der Waals surface area contributed by atoms with E-state index >= 15 is 24.0 Å². The van der Waals surface area contributed by atoms with Gasteiger partial charge in [-0.25, -0.2) is 19.2 Å². The standard InChI is InChI=1S/C96H122N12O26S4/c1-51-69(45-96(125)79(132-88(121)57-29-19-14-20-30-57)77-94(9,78(112)75(127-11)72(51)93(96,7)8)70(126-10)44-71-95(77,50-129-71)133-53(3)110)130-89(122)76(74(56-27-17-13-18-28-56)108-90(123)134-92(4,5)6)131-91(124)128-39-40-135-136-47-66(80(99)113)104-86(119)68-49-138-137-48-67(105-81(114)61(98)41-54-25-15-12-16-26-54)85(118)102-64(42-55-34-36-59(111)37-35-55)83(116)103-65(43-58-46-100-62-32-22-21-31-60(58)62)84(117)101-63(33-23-24-38-97)82(115)107-73(52(2)109)87(120)106-68/h12-22,25-32,34-37,46,52,61,63-71,73-77,79,100,109,111,125H,23-24,33,38-45,47-50,97-98H2,1-11H3,(H2,99,113)(H,101,117)(H,102,118)(H,103,116)(H,104,119)(H,105,114)(H,106,120)(H,107,115)(H,108,123)/t52-,61-,63+,64+,65-,66+,67+,68+,69+,70+,71-,73+,74+,75-,76-,77+,79+,94-,95+,96-/m1/s1. The number of Topliss-reactive ketones (excluding diaryl/α,β-unsaturated/α-hetero) is 1. The molecule has 2 saturated carbocycles. The molecule has 3 heterocycles. The van der Waals surface area contributed by atoms with Gasteiger partial charge >= 0.3 is 30.2 Å². The molecule has 138 heavy (non-hydrogen) atoms. The Balaban J connectivity index is 0.842. The van der Waals surface area contributed by atoms with Crippen LogP contribution in [0.5, 0.6) is 5.75 Å². The molecule has 2 saturated heterocycles. The number of unbranched alkanes of at least 4 members (excludes halogenated alkanes) is 1. The van der Waals surface area contributed by atoms with Gasteiger partial charge in [0, 0.05) is 92.4 Å². The first-order valence-electron chi connectivity index (χ1n) is 45.2. The number of aromatic amines is 1. The Hall–Kier alpha value is -11.3. The number of aromatic hydroxyl groups is 1. The van der Waals surface area contributed by atoms with E-state index in [1.165, 1.54) is 76.6 Å². The van der Waals surface area contributed by atoms with Crippen molar-refractivity contribution < 1.29 is 125 Å². The van der Waals surface area contributed by atoms with Crippen LogP contribution in [0.2, 0.25) is 0 Å². The lowest BCUT2D eigenvalue weighted by atomic mass is 9.44. The number of ketones is 1. The molecule has 0 radical (unpaired) electrons. The number of carbonyl (C=O) groups excluding carboxylic acids is 14. The number of fused-ring (bicyclic) bond motifs is 6. The highest BCUT2D eigenvalue weighted by Gasteiger charge is 2.78. The number of nitrogens with one attached hydrogen (secondary N) is 9. The number of para-hydroxylation sites is 1. The molecule has 5 aliphatic rings. The lowest BCUT2D eigenvalue weighted by molar-refractivity contribution is -0.347. The van der Waals surface area contributed by atoms with Crippen molar-refractivity contribution in [1.82, 2.24) is 47.5 Å². The van der Waals surface area contributed by atoms with Crippen LogP contribution in [-0.4, -0.2) is 268 Å². The summed E-state index contributed by atoms with van der Waals surface area (Å²) in [5.74, 6) is -14.3. The number of phenols is 1. The molecule has 1 aromatic heterocycles. The third-order valence-electron chi connectivity index (χ3n) is 25.4. The van der Waals surface area contributed by atoms with Gasteiger partial charge in [0.05, 0.1) is 41.8 Å². The van der Waals surface area contributed by atoms with Crippen molar-refractivity contribution >= 4 is 137 Å². The quantitative estimate of drug-likeness (QED) is 0.00834. The van der Waals surface area contributed by atoms with Gasteiger partial charge in [-0.3, -0.25) is 47.9 Å². The Morgan fingerprint density at radius 3 is 1.99 bits per heavy atom. The van der Waals surface area contributed by atoms with E-state index in [0.717, 1.165) is 43.2 Å². The summed E-state index contributed by atoms with van der Waals surface area (Å²) in [5, 5.41) is 58.0. The smallest absolute Gasteiger partial charge is 0.508 e. The van der Waals surface area contributed by atoms with Crippen LogP contribution in [0.25, 0.3) is 10.9 Å². The fourth-order valence-electron chi connectivity index (χ4n) is 18.3. The fraction of sp³-hybridized carbons (Fsp3) is 0.500. The summed E-state index contributed by atoms with van der Waals surface area (Å²) in [7, 11) is 6.40. The highest BCUT2D eigenvalue weighted by Crippen LogP contribution is 2.65. The minimum absolute atomic E-state index is 0.00127. The average Bonchev–Trinajstić information content (AvgIpc) is 0.697. The van der Waals surface area contributed by atoms with Crippen LogP contribution in [0.4, 0.5) is 9.59 Å². The number of aromatic nitrogens is 1. The van der Waals surface area contributed by atoms with Crippen LogP contribution >= 0.6 is 43.2 Å². The highest BCUT2D eigenvalue weighted by atomic mass is 33.1. The zero-order valence-corrected chi connectivity index (χ0v) is 81.6. The topological polar surface area (TPSA) is 573 Å². The van der Waals surface area contributed by atoms with Gasteiger partial charge in [0.1, 0.15) is 96.3 Å². The van der Waals surface area contributed by atoms with Crippen molar-refractivity contribution in [3.63, 3.8) is 0 Å². The first kappa shape index (κ1) is 107. The number of methoxy groups -OCH3 is 2. The Morgan fingerprint density at radius 1 is 0.725 bits per heavy atom. The Kier molecular flexibility index (Phi) is 36.9. The molecule has 4 fully saturated rings. The lowest BCUT2D eigenvalue weighted by Crippen LogP contribution is -2.82. The van der Waals surface area contributed by atoms with Gasteiger partial charge in [-0.15, -0.1) is 0 Å². The highest BCUT2D eigenvalue weighted by molar-refractivity contribution is 8.77. The molecule has 0 unspecified atom stereocenters. The van der Waals surface area contributed by atoms with Gasteiger partial charge in [-0.1, -0.05) is 166 Å². The molecule has 746 valence electrons. The molecule has 11 rings (SSSR count). The van der Waals surface area contributed by atoms with Crippen molar-refractivity contribution in [1.29, 1.82) is 0 Å². The molecule has 3 aliphatic carbocycles. The van der Waals surface area contributed by atoms with Crippen molar-refractivity contribution in [3.8, 4) is 5.75 Å². The van der Waals surface area contributed by atoms with Gasteiger partial charge in [0.15, 0.2) is 11.4 Å². The summed E-state index contributed by atoms with van der Waals surface area (Å²) < 4.78 is 55.2. The Bertz CT molecular complexity index is 5390. The summed E-state index contributed by atoms with van der Waals surface area (Å²) in [6, 6.07) is 23.3. The van der Waals surface area contributed by atoms with E-state index in [0.29, 0.717) is 34.0 Å².